The number of likely N-dealkylation sites (N-methyl/N-ethyl adjacent to an activating group) is 1. The lowest BCUT2D eigenvalue weighted by Crippen LogP contribution is -2.49. The molecule has 0 saturated carbocycles. The van der Waals surface area contributed by atoms with Crippen molar-refractivity contribution in [2.75, 3.05) is 37.0 Å². The summed E-state index contributed by atoms with van der Waals surface area (Å²) in [5.74, 6) is 4.55. The van der Waals surface area contributed by atoms with Crippen LogP contribution in [0.4, 0.5) is 24.9 Å². The number of alkyl halides is 3. The van der Waals surface area contributed by atoms with Crippen LogP contribution in [0.3, 0.4) is 0 Å². The number of nitrogens with zero attached hydrogens (tertiary/aromatic N) is 4. The van der Waals surface area contributed by atoms with Gasteiger partial charge in [0.15, 0.2) is 5.69 Å². The number of rotatable bonds is 2. The number of nitrogen functional groups attached to an aromatic ring is 1. The zero-order valence-electron chi connectivity index (χ0n) is 10.6. The van der Waals surface area contributed by atoms with E-state index in [9.17, 15) is 18.0 Å². The van der Waals surface area contributed by atoms with Crippen LogP contribution >= 0.6 is 0 Å². The molecule has 1 aliphatic rings. The molecule has 2 heterocycles. The first-order valence-corrected chi connectivity index (χ1v) is 5.73. The monoisotopic (exact) mass is 290 g/mol. The van der Waals surface area contributed by atoms with E-state index >= 15 is 0 Å². The van der Waals surface area contributed by atoms with Crippen molar-refractivity contribution in [1.82, 2.24) is 14.9 Å². The van der Waals surface area contributed by atoms with E-state index in [1.54, 1.807) is 7.05 Å². The van der Waals surface area contributed by atoms with Crippen LogP contribution in [0.15, 0.2) is 6.07 Å². The second kappa shape index (κ2) is 5.12. The van der Waals surface area contributed by atoms with E-state index in [2.05, 4.69) is 9.97 Å². The van der Waals surface area contributed by atoms with E-state index < -0.39 is 11.9 Å². The number of hydrogen-bond donors (Lipinski definition) is 2. The summed E-state index contributed by atoms with van der Waals surface area (Å²) in [4.78, 5) is 21.7. The maximum absolute atomic E-state index is 12.7. The molecule has 1 aliphatic heterocycles. The van der Waals surface area contributed by atoms with Crippen LogP contribution in [0, 0.1) is 0 Å². The number of hydrogen-bond acceptors (Lipinski definition) is 6. The average molecular weight is 290 g/mol. The molecular formula is C10H13F3N6O. The zero-order chi connectivity index (χ0) is 14.9. The number of halogens is 3. The summed E-state index contributed by atoms with van der Waals surface area (Å²) in [6.07, 6.45) is -4.61. The topological polar surface area (TPSA) is 87.4 Å². The number of nitrogens with two attached hydrogens (primary N) is 1. The van der Waals surface area contributed by atoms with Gasteiger partial charge in [-0.3, -0.25) is 10.2 Å². The number of carbonyl (C=O) groups is 1. The van der Waals surface area contributed by atoms with Gasteiger partial charge in [0.25, 0.3) is 0 Å². The molecule has 7 nitrogen and oxygen atoms in total. The normalized spacial score (nSPS) is 16.6. The Balaban J connectivity index is 2.34. The fraction of sp³-hybridized carbons (Fsp3) is 0.500. The number of hydrazine groups is 1. The number of nitrogens with one attached hydrogen (secondary N) is 1. The summed E-state index contributed by atoms with van der Waals surface area (Å²) in [5, 5.41) is 0. The number of anilines is 2. The fourth-order valence-corrected chi connectivity index (χ4v) is 1.76. The van der Waals surface area contributed by atoms with Gasteiger partial charge < -0.3 is 9.80 Å². The highest BCUT2D eigenvalue weighted by atomic mass is 19.4. The van der Waals surface area contributed by atoms with Gasteiger partial charge >= 0.3 is 6.18 Å². The standard InChI is InChI=1S/C10H13F3N6O/c1-18-2-3-19(5-8(18)20)7-4-6(10(11,12)13)15-9(16-7)17-14/h4H,2-3,5,14H2,1H3,(H,15,16,17). The van der Waals surface area contributed by atoms with E-state index in [1.165, 1.54) is 9.80 Å². The van der Waals surface area contributed by atoms with Crippen molar-refractivity contribution in [3.05, 3.63) is 11.8 Å². The van der Waals surface area contributed by atoms with Crippen LogP contribution in [0.25, 0.3) is 0 Å². The first-order valence-electron chi connectivity index (χ1n) is 5.73. The predicted molar refractivity (Wildman–Crippen MR) is 64.7 cm³/mol. The first kappa shape index (κ1) is 14.3. The second-order valence-corrected chi connectivity index (χ2v) is 4.31. The van der Waals surface area contributed by atoms with Crippen LogP contribution < -0.4 is 16.2 Å². The molecule has 1 fully saturated rings. The van der Waals surface area contributed by atoms with Crippen molar-refractivity contribution < 1.29 is 18.0 Å². The second-order valence-electron chi connectivity index (χ2n) is 4.31. The zero-order valence-corrected chi connectivity index (χ0v) is 10.6. The third-order valence-electron chi connectivity index (χ3n) is 2.91. The van der Waals surface area contributed by atoms with E-state index in [-0.39, 0.29) is 24.2 Å². The highest BCUT2D eigenvalue weighted by molar-refractivity contribution is 5.82. The minimum Gasteiger partial charge on any atom is -0.345 e. The van der Waals surface area contributed by atoms with Crippen LogP contribution in [0.2, 0.25) is 0 Å². The van der Waals surface area contributed by atoms with Crippen LogP contribution in [-0.2, 0) is 11.0 Å². The van der Waals surface area contributed by atoms with Gasteiger partial charge in [0.1, 0.15) is 5.82 Å². The molecule has 1 saturated heterocycles. The summed E-state index contributed by atoms with van der Waals surface area (Å²) in [6.45, 7) is 0.769. The van der Waals surface area contributed by atoms with Crippen molar-refractivity contribution in [3.63, 3.8) is 0 Å². The first-order chi connectivity index (χ1) is 9.31. The Morgan fingerprint density at radius 2 is 2.05 bits per heavy atom. The molecule has 0 radical (unpaired) electrons. The molecular weight excluding hydrogens is 277 g/mol. The van der Waals surface area contributed by atoms with E-state index in [0.717, 1.165) is 6.07 Å². The molecule has 110 valence electrons. The lowest BCUT2D eigenvalue weighted by molar-refractivity contribution is -0.141. The number of aromatic nitrogens is 2. The summed E-state index contributed by atoms with van der Waals surface area (Å²) in [6, 6.07) is 0.805. The van der Waals surface area contributed by atoms with Gasteiger partial charge in [-0.2, -0.15) is 18.2 Å². The van der Waals surface area contributed by atoms with Gasteiger partial charge in [0.05, 0.1) is 6.54 Å². The molecule has 0 unspecified atom stereocenters. The summed E-state index contributed by atoms with van der Waals surface area (Å²) >= 11 is 0. The van der Waals surface area contributed by atoms with Crippen LogP contribution in [-0.4, -0.2) is 47.5 Å². The largest absolute Gasteiger partial charge is 0.433 e. The summed E-state index contributed by atoms with van der Waals surface area (Å²) in [7, 11) is 1.63. The Morgan fingerprint density at radius 3 is 2.60 bits per heavy atom. The molecule has 10 heteroatoms. The summed E-state index contributed by atoms with van der Waals surface area (Å²) in [5.41, 5.74) is 0.885. The molecule has 1 amide bonds. The molecule has 0 atom stereocenters. The molecule has 0 aromatic carbocycles. The molecule has 1 aromatic rings. The molecule has 0 aliphatic carbocycles. The van der Waals surface area contributed by atoms with Crippen molar-refractivity contribution in [2.45, 2.75) is 6.18 Å². The van der Waals surface area contributed by atoms with Gasteiger partial charge in [-0.15, -0.1) is 0 Å². The van der Waals surface area contributed by atoms with Gasteiger partial charge in [-0.25, -0.2) is 10.8 Å². The molecule has 1 aromatic heterocycles. The Kier molecular flexibility index (Phi) is 3.66. The highest BCUT2D eigenvalue weighted by Gasteiger charge is 2.34. The minimum absolute atomic E-state index is 0.0155. The lowest BCUT2D eigenvalue weighted by Gasteiger charge is -2.32. The van der Waals surface area contributed by atoms with Gasteiger partial charge in [-0.1, -0.05) is 0 Å². The van der Waals surface area contributed by atoms with Crippen molar-refractivity contribution in [2.24, 2.45) is 5.84 Å². The number of amides is 1. The summed E-state index contributed by atoms with van der Waals surface area (Å²) < 4.78 is 38.2. The van der Waals surface area contributed by atoms with E-state index in [4.69, 9.17) is 5.84 Å². The Bertz CT molecular complexity index is 520. The maximum Gasteiger partial charge on any atom is 0.433 e. The van der Waals surface area contributed by atoms with Crippen LogP contribution in [0.1, 0.15) is 5.69 Å². The molecule has 3 N–H and O–H groups in total. The smallest absolute Gasteiger partial charge is 0.345 e. The lowest BCUT2D eigenvalue weighted by atomic mass is 10.3. The predicted octanol–water partition coefficient (Wildman–Crippen LogP) is 0.0594. The van der Waals surface area contributed by atoms with Gasteiger partial charge in [-0.05, 0) is 0 Å². The number of carbonyl (C=O) groups excluding carboxylic acids is 1. The Morgan fingerprint density at radius 1 is 1.35 bits per heavy atom. The third kappa shape index (κ3) is 2.90. The molecule has 20 heavy (non-hydrogen) atoms. The molecule has 0 spiro atoms. The SMILES string of the molecule is CN1CCN(c2cc(C(F)(F)F)nc(NN)n2)CC1=O. The average Bonchev–Trinajstić information content (AvgIpc) is 2.40. The highest BCUT2D eigenvalue weighted by Crippen LogP contribution is 2.30. The molecule has 0 bridgehead atoms. The van der Waals surface area contributed by atoms with Crippen molar-refractivity contribution in [3.8, 4) is 0 Å². The Hall–Kier alpha value is -2.10. The number of piperazine rings is 1. The van der Waals surface area contributed by atoms with Crippen LogP contribution in [0.5, 0.6) is 0 Å². The van der Waals surface area contributed by atoms with Crippen molar-refractivity contribution in [1.29, 1.82) is 0 Å². The third-order valence-corrected chi connectivity index (χ3v) is 2.91. The van der Waals surface area contributed by atoms with Gasteiger partial charge in [0.2, 0.25) is 11.9 Å². The van der Waals surface area contributed by atoms with E-state index in [1.807, 2.05) is 5.43 Å². The minimum atomic E-state index is -4.61. The van der Waals surface area contributed by atoms with E-state index in [0.29, 0.717) is 13.1 Å². The fourth-order valence-electron chi connectivity index (χ4n) is 1.76. The van der Waals surface area contributed by atoms with Crippen molar-refractivity contribution >= 4 is 17.7 Å². The van der Waals surface area contributed by atoms with Gasteiger partial charge in [0, 0.05) is 26.2 Å². The quantitative estimate of drug-likeness (QED) is 0.591. The maximum atomic E-state index is 12.7. The molecule has 2 rings (SSSR count). The Labute approximate surface area is 112 Å².